The molecular weight excluding hydrogens is 160 g/mol. The minimum atomic E-state index is 0.563. The SMILES string of the molecule is CCc1ccc(CCNCN)cc1. The fraction of sp³-hybridized carbons (Fsp3) is 0.455. The summed E-state index contributed by atoms with van der Waals surface area (Å²) < 4.78 is 0. The summed E-state index contributed by atoms with van der Waals surface area (Å²) in [5.74, 6) is 0. The van der Waals surface area contributed by atoms with Crippen LogP contribution in [0.2, 0.25) is 0 Å². The van der Waals surface area contributed by atoms with Crippen LogP contribution in [0.5, 0.6) is 0 Å². The van der Waals surface area contributed by atoms with E-state index in [1.165, 1.54) is 11.1 Å². The van der Waals surface area contributed by atoms with Crippen molar-refractivity contribution in [1.29, 1.82) is 0 Å². The zero-order chi connectivity index (χ0) is 9.52. The van der Waals surface area contributed by atoms with E-state index in [0.29, 0.717) is 6.67 Å². The molecule has 1 aromatic carbocycles. The Balaban J connectivity index is 2.40. The van der Waals surface area contributed by atoms with Gasteiger partial charge in [-0.3, -0.25) is 0 Å². The van der Waals surface area contributed by atoms with Crippen LogP contribution in [0, 0.1) is 0 Å². The Kier molecular flexibility index (Phi) is 4.50. The van der Waals surface area contributed by atoms with Gasteiger partial charge in [0.05, 0.1) is 0 Å². The summed E-state index contributed by atoms with van der Waals surface area (Å²) in [6, 6.07) is 8.77. The topological polar surface area (TPSA) is 38.0 Å². The van der Waals surface area contributed by atoms with Crippen molar-refractivity contribution in [1.82, 2.24) is 5.32 Å². The largest absolute Gasteiger partial charge is 0.318 e. The third-order valence-corrected chi connectivity index (χ3v) is 2.17. The van der Waals surface area contributed by atoms with Gasteiger partial charge < -0.3 is 11.1 Å². The summed E-state index contributed by atoms with van der Waals surface area (Å²) >= 11 is 0. The molecule has 1 aromatic rings. The third kappa shape index (κ3) is 3.57. The normalized spacial score (nSPS) is 10.3. The van der Waals surface area contributed by atoms with Gasteiger partial charge >= 0.3 is 0 Å². The minimum Gasteiger partial charge on any atom is -0.318 e. The third-order valence-electron chi connectivity index (χ3n) is 2.17. The highest BCUT2D eigenvalue weighted by molar-refractivity contribution is 5.22. The number of nitrogens with two attached hydrogens (primary N) is 1. The van der Waals surface area contributed by atoms with Crippen molar-refractivity contribution in [3.63, 3.8) is 0 Å². The highest BCUT2D eigenvalue weighted by Gasteiger charge is 1.92. The molecule has 0 bridgehead atoms. The molecule has 0 radical (unpaired) electrons. The minimum absolute atomic E-state index is 0.563. The average Bonchev–Trinajstić information content (AvgIpc) is 2.19. The van der Waals surface area contributed by atoms with Gasteiger partial charge in [0.25, 0.3) is 0 Å². The van der Waals surface area contributed by atoms with Gasteiger partial charge in [0.1, 0.15) is 0 Å². The summed E-state index contributed by atoms with van der Waals surface area (Å²) in [7, 11) is 0. The van der Waals surface area contributed by atoms with Crippen molar-refractivity contribution < 1.29 is 0 Å². The van der Waals surface area contributed by atoms with Crippen molar-refractivity contribution >= 4 is 0 Å². The molecule has 72 valence electrons. The molecule has 0 aromatic heterocycles. The van der Waals surface area contributed by atoms with Crippen LogP contribution >= 0.6 is 0 Å². The van der Waals surface area contributed by atoms with E-state index in [1.807, 2.05) is 0 Å². The number of nitrogens with one attached hydrogen (secondary N) is 1. The number of rotatable bonds is 5. The van der Waals surface area contributed by atoms with Crippen LogP contribution in [0.3, 0.4) is 0 Å². The second-order valence-corrected chi connectivity index (χ2v) is 3.12. The second-order valence-electron chi connectivity index (χ2n) is 3.12. The van der Waals surface area contributed by atoms with Gasteiger partial charge in [-0.25, -0.2) is 0 Å². The molecule has 0 aliphatic rings. The fourth-order valence-corrected chi connectivity index (χ4v) is 1.28. The van der Waals surface area contributed by atoms with Gasteiger partial charge in [0.15, 0.2) is 0 Å². The Labute approximate surface area is 80.1 Å². The van der Waals surface area contributed by atoms with Gasteiger partial charge in [0.2, 0.25) is 0 Å². The smallest absolute Gasteiger partial charge is 0.0428 e. The Bertz CT molecular complexity index is 228. The summed E-state index contributed by atoms with van der Waals surface area (Å²) in [4.78, 5) is 0. The molecule has 3 N–H and O–H groups in total. The number of aryl methyl sites for hydroxylation is 1. The first-order valence-electron chi connectivity index (χ1n) is 4.85. The summed E-state index contributed by atoms with van der Waals surface area (Å²) in [5.41, 5.74) is 8.10. The zero-order valence-electron chi connectivity index (χ0n) is 8.22. The highest BCUT2D eigenvalue weighted by Crippen LogP contribution is 2.04. The lowest BCUT2D eigenvalue weighted by Gasteiger charge is -2.03. The molecule has 0 atom stereocenters. The molecule has 0 heterocycles. The molecule has 0 aliphatic heterocycles. The monoisotopic (exact) mass is 178 g/mol. The van der Waals surface area contributed by atoms with Crippen LogP contribution < -0.4 is 11.1 Å². The van der Waals surface area contributed by atoms with Crippen molar-refractivity contribution in [3.05, 3.63) is 35.4 Å². The Morgan fingerprint density at radius 1 is 1.15 bits per heavy atom. The molecule has 0 saturated carbocycles. The fourth-order valence-electron chi connectivity index (χ4n) is 1.28. The summed E-state index contributed by atoms with van der Waals surface area (Å²) in [6.07, 6.45) is 2.17. The number of hydrogen-bond acceptors (Lipinski definition) is 2. The predicted octanol–water partition coefficient (Wildman–Crippen LogP) is 1.30. The van der Waals surface area contributed by atoms with Crippen molar-refractivity contribution in [2.75, 3.05) is 13.2 Å². The first kappa shape index (κ1) is 10.2. The maximum Gasteiger partial charge on any atom is 0.0428 e. The molecular formula is C11H18N2. The van der Waals surface area contributed by atoms with E-state index in [-0.39, 0.29) is 0 Å². The summed E-state index contributed by atoms with van der Waals surface area (Å²) in [6.45, 7) is 3.69. The summed E-state index contributed by atoms with van der Waals surface area (Å²) in [5, 5.41) is 3.10. The van der Waals surface area contributed by atoms with Crippen LogP contribution in [-0.2, 0) is 12.8 Å². The van der Waals surface area contributed by atoms with Gasteiger partial charge in [-0.15, -0.1) is 0 Å². The molecule has 0 spiro atoms. The number of benzene rings is 1. The van der Waals surface area contributed by atoms with E-state index < -0.39 is 0 Å². The first-order chi connectivity index (χ1) is 6.36. The van der Waals surface area contributed by atoms with E-state index in [2.05, 4.69) is 36.5 Å². The first-order valence-corrected chi connectivity index (χ1v) is 4.85. The van der Waals surface area contributed by atoms with Crippen molar-refractivity contribution in [2.45, 2.75) is 19.8 Å². The standard InChI is InChI=1S/C11H18N2/c1-2-10-3-5-11(6-4-10)7-8-13-9-12/h3-6,13H,2,7-9,12H2,1H3. The maximum absolute atomic E-state index is 5.33. The van der Waals surface area contributed by atoms with Crippen molar-refractivity contribution in [2.24, 2.45) is 5.73 Å². The van der Waals surface area contributed by atoms with E-state index in [9.17, 15) is 0 Å². The molecule has 0 amide bonds. The van der Waals surface area contributed by atoms with Crippen LogP contribution in [-0.4, -0.2) is 13.2 Å². The van der Waals surface area contributed by atoms with Gasteiger partial charge in [-0.1, -0.05) is 31.2 Å². The average molecular weight is 178 g/mol. The van der Waals surface area contributed by atoms with E-state index in [1.54, 1.807) is 0 Å². The quantitative estimate of drug-likeness (QED) is 0.527. The van der Waals surface area contributed by atoms with E-state index in [0.717, 1.165) is 19.4 Å². The van der Waals surface area contributed by atoms with Crippen molar-refractivity contribution in [3.8, 4) is 0 Å². The molecule has 0 saturated heterocycles. The lowest BCUT2D eigenvalue weighted by atomic mass is 10.1. The molecule has 0 aliphatic carbocycles. The van der Waals surface area contributed by atoms with Gasteiger partial charge in [-0.2, -0.15) is 0 Å². The van der Waals surface area contributed by atoms with E-state index >= 15 is 0 Å². The Morgan fingerprint density at radius 3 is 2.31 bits per heavy atom. The van der Waals surface area contributed by atoms with Crippen LogP contribution in [0.15, 0.2) is 24.3 Å². The lowest BCUT2D eigenvalue weighted by molar-refractivity contribution is 0.701. The molecule has 1 rings (SSSR count). The highest BCUT2D eigenvalue weighted by atomic mass is 14.9. The van der Waals surface area contributed by atoms with Crippen LogP contribution in [0.1, 0.15) is 18.1 Å². The zero-order valence-corrected chi connectivity index (χ0v) is 8.22. The maximum atomic E-state index is 5.33. The second kappa shape index (κ2) is 5.73. The Hall–Kier alpha value is -0.860. The Morgan fingerprint density at radius 2 is 1.77 bits per heavy atom. The molecule has 0 fully saturated rings. The number of hydrogen-bond donors (Lipinski definition) is 2. The molecule has 2 heteroatoms. The van der Waals surface area contributed by atoms with Gasteiger partial charge in [0, 0.05) is 13.2 Å². The molecule has 0 unspecified atom stereocenters. The molecule has 2 nitrogen and oxygen atoms in total. The van der Waals surface area contributed by atoms with E-state index in [4.69, 9.17) is 5.73 Å². The molecule has 13 heavy (non-hydrogen) atoms. The van der Waals surface area contributed by atoms with Gasteiger partial charge in [-0.05, 0) is 24.0 Å². The van der Waals surface area contributed by atoms with Crippen LogP contribution in [0.4, 0.5) is 0 Å². The van der Waals surface area contributed by atoms with Crippen LogP contribution in [0.25, 0.3) is 0 Å². The predicted molar refractivity (Wildman–Crippen MR) is 56.6 cm³/mol. The lowest BCUT2D eigenvalue weighted by Crippen LogP contribution is -2.24.